The lowest BCUT2D eigenvalue weighted by Crippen LogP contribution is -2.42. The normalized spacial score (nSPS) is 13.9. The zero-order valence-electron chi connectivity index (χ0n) is 11.9. The highest BCUT2D eigenvalue weighted by Crippen LogP contribution is 2.24. The molecule has 1 aromatic carbocycles. The van der Waals surface area contributed by atoms with Crippen LogP contribution in [0.5, 0.6) is 0 Å². The lowest BCUT2D eigenvalue weighted by Gasteiger charge is -2.22. The summed E-state index contributed by atoms with van der Waals surface area (Å²) < 4.78 is 0. The summed E-state index contributed by atoms with van der Waals surface area (Å²) in [5.41, 5.74) is 0.0760. The summed E-state index contributed by atoms with van der Waals surface area (Å²) in [7, 11) is 0. The molecule has 6 heteroatoms. The fourth-order valence-corrected chi connectivity index (χ4v) is 2.99. The highest BCUT2D eigenvalue weighted by Gasteiger charge is 2.21. The molecule has 0 bridgehead atoms. The number of thioether (sulfide) groups is 1. The SMILES string of the molecule is CSCC(C)(O)CNC(=O)c1ccc(Cl)c2cccnc12. The molecule has 1 amide bonds. The van der Waals surface area contributed by atoms with Gasteiger partial charge in [0.2, 0.25) is 0 Å². The van der Waals surface area contributed by atoms with Crippen LogP contribution in [0.2, 0.25) is 5.02 Å². The van der Waals surface area contributed by atoms with E-state index in [2.05, 4.69) is 10.3 Å². The molecule has 1 aromatic heterocycles. The first-order valence-electron chi connectivity index (χ1n) is 6.47. The third kappa shape index (κ3) is 3.87. The molecule has 112 valence electrons. The van der Waals surface area contributed by atoms with E-state index in [0.29, 0.717) is 21.9 Å². The van der Waals surface area contributed by atoms with Gasteiger partial charge in [0.25, 0.3) is 5.91 Å². The number of hydrogen-bond donors (Lipinski definition) is 2. The fourth-order valence-electron chi connectivity index (χ4n) is 2.05. The first-order chi connectivity index (χ1) is 9.94. The van der Waals surface area contributed by atoms with Crippen LogP contribution in [-0.2, 0) is 0 Å². The second kappa shape index (κ2) is 6.64. The van der Waals surface area contributed by atoms with E-state index in [4.69, 9.17) is 11.6 Å². The summed E-state index contributed by atoms with van der Waals surface area (Å²) in [6.07, 6.45) is 3.53. The summed E-state index contributed by atoms with van der Waals surface area (Å²) in [6.45, 7) is 1.88. The predicted octanol–water partition coefficient (Wildman–Crippen LogP) is 2.73. The summed E-state index contributed by atoms with van der Waals surface area (Å²) in [5.74, 6) is 0.282. The molecule has 1 unspecified atom stereocenters. The number of carbonyl (C=O) groups is 1. The van der Waals surface area contributed by atoms with E-state index in [1.165, 1.54) is 11.8 Å². The molecule has 0 saturated heterocycles. The number of amides is 1. The van der Waals surface area contributed by atoms with Gasteiger partial charge in [0, 0.05) is 23.9 Å². The number of nitrogens with one attached hydrogen (secondary N) is 1. The average molecular weight is 325 g/mol. The molecule has 21 heavy (non-hydrogen) atoms. The number of halogens is 1. The molecule has 2 rings (SSSR count). The number of aromatic nitrogens is 1. The van der Waals surface area contributed by atoms with Crippen molar-refractivity contribution in [2.45, 2.75) is 12.5 Å². The minimum atomic E-state index is -0.940. The van der Waals surface area contributed by atoms with E-state index in [0.717, 1.165) is 5.39 Å². The van der Waals surface area contributed by atoms with E-state index in [-0.39, 0.29) is 12.5 Å². The first-order valence-corrected chi connectivity index (χ1v) is 8.24. The van der Waals surface area contributed by atoms with Crippen molar-refractivity contribution in [3.05, 3.63) is 41.0 Å². The molecule has 4 nitrogen and oxygen atoms in total. The Labute approximate surface area is 132 Å². The van der Waals surface area contributed by atoms with Gasteiger partial charge in [-0.1, -0.05) is 11.6 Å². The van der Waals surface area contributed by atoms with Crippen LogP contribution in [-0.4, -0.2) is 40.2 Å². The van der Waals surface area contributed by atoms with Crippen molar-refractivity contribution in [2.24, 2.45) is 0 Å². The molecule has 0 spiro atoms. The van der Waals surface area contributed by atoms with Crippen molar-refractivity contribution >= 4 is 40.2 Å². The van der Waals surface area contributed by atoms with Crippen molar-refractivity contribution in [1.29, 1.82) is 0 Å². The van der Waals surface area contributed by atoms with Crippen LogP contribution in [0.3, 0.4) is 0 Å². The molecule has 0 aliphatic heterocycles. The quantitative estimate of drug-likeness (QED) is 0.887. The van der Waals surface area contributed by atoms with Crippen molar-refractivity contribution < 1.29 is 9.90 Å². The maximum Gasteiger partial charge on any atom is 0.253 e. The number of aliphatic hydroxyl groups is 1. The van der Waals surface area contributed by atoms with Crippen LogP contribution in [0.15, 0.2) is 30.5 Å². The standard InChI is InChI=1S/C15H17ClN2O2S/c1-15(20,9-21-2)8-18-14(19)11-5-6-12(16)10-4-3-7-17-13(10)11/h3-7,20H,8-9H2,1-2H3,(H,18,19). The first kappa shape index (κ1) is 16.1. The average Bonchev–Trinajstić information content (AvgIpc) is 2.46. The Balaban J connectivity index is 2.23. The molecule has 0 aliphatic rings. The van der Waals surface area contributed by atoms with Gasteiger partial charge in [-0.3, -0.25) is 9.78 Å². The third-order valence-electron chi connectivity index (χ3n) is 3.05. The van der Waals surface area contributed by atoms with Crippen molar-refractivity contribution in [3.63, 3.8) is 0 Å². The molecule has 1 atom stereocenters. The Kier molecular flexibility index (Phi) is 5.08. The number of carbonyl (C=O) groups excluding carboxylic acids is 1. The predicted molar refractivity (Wildman–Crippen MR) is 88.1 cm³/mol. The Hall–Kier alpha value is -1.30. The Morgan fingerprint density at radius 1 is 1.48 bits per heavy atom. The molecular formula is C15H17ClN2O2S. The topological polar surface area (TPSA) is 62.2 Å². The van der Waals surface area contributed by atoms with Crippen LogP contribution in [0.25, 0.3) is 10.9 Å². The van der Waals surface area contributed by atoms with Gasteiger partial charge in [-0.15, -0.1) is 0 Å². The minimum absolute atomic E-state index is 0.184. The molecule has 2 aromatic rings. The number of fused-ring (bicyclic) bond motifs is 1. The van der Waals surface area contributed by atoms with Gasteiger partial charge >= 0.3 is 0 Å². The van der Waals surface area contributed by atoms with E-state index >= 15 is 0 Å². The van der Waals surface area contributed by atoms with Gasteiger partial charge in [-0.2, -0.15) is 11.8 Å². The van der Waals surface area contributed by atoms with Gasteiger partial charge in [0.05, 0.1) is 21.7 Å². The number of pyridine rings is 1. The highest BCUT2D eigenvalue weighted by atomic mass is 35.5. The van der Waals surface area contributed by atoms with Gasteiger partial charge in [0.1, 0.15) is 0 Å². The summed E-state index contributed by atoms with van der Waals surface area (Å²) >= 11 is 7.64. The molecule has 0 fully saturated rings. The van der Waals surface area contributed by atoms with E-state index < -0.39 is 5.60 Å². The van der Waals surface area contributed by atoms with Crippen molar-refractivity contribution in [2.75, 3.05) is 18.6 Å². The van der Waals surface area contributed by atoms with Crippen LogP contribution in [0.4, 0.5) is 0 Å². The summed E-state index contributed by atoms with van der Waals surface area (Å²) in [6, 6.07) is 6.93. The van der Waals surface area contributed by atoms with Gasteiger partial charge in [0.15, 0.2) is 0 Å². The van der Waals surface area contributed by atoms with Crippen LogP contribution >= 0.6 is 23.4 Å². The van der Waals surface area contributed by atoms with Gasteiger partial charge < -0.3 is 10.4 Å². The second-order valence-corrected chi connectivity index (χ2v) is 6.38. The van der Waals surface area contributed by atoms with Crippen molar-refractivity contribution in [3.8, 4) is 0 Å². The lowest BCUT2D eigenvalue weighted by atomic mass is 10.1. The molecule has 2 N–H and O–H groups in total. The number of benzene rings is 1. The van der Waals surface area contributed by atoms with E-state index in [1.54, 1.807) is 31.3 Å². The largest absolute Gasteiger partial charge is 0.387 e. The van der Waals surface area contributed by atoms with Crippen LogP contribution in [0.1, 0.15) is 17.3 Å². The minimum Gasteiger partial charge on any atom is -0.387 e. The monoisotopic (exact) mass is 324 g/mol. The van der Waals surface area contributed by atoms with Crippen LogP contribution < -0.4 is 5.32 Å². The Morgan fingerprint density at radius 3 is 2.95 bits per heavy atom. The zero-order valence-corrected chi connectivity index (χ0v) is 13.5. The molecular weight excluding hydrogens is 308 g/mol. The Morgan fingerprint density at radius 2 is 2.24 bits per heavy atom. The van der Waals surface area contributed by atoms with Gasteiger partial charge in [-0.05, 0) is 37.4 Å². The lowest BCUT2D eigenvalue weighted by molar-refractivity contribution is 0.0726. The maximum atomic E-state index is 12.3. The zero-order chi connectivity index (χ0) is 15.5. The Bertz CT molecular complexity index is 661. The fraction of sp³-hybridized carbons (Fsp3) is 0.333. The summed E-state index contributed by atoms with van der Waals surface area (Å²) in [5, 5.41) is 14.1. The third-order valence-corrected chi connectivity index (χ3v) is 4.29. The molecule has 0 radical (unpaired) electrons. The van der Waals surface area contributed by atoms with Crippen LogP contribution in [0, 0.1) is 0 Å². The number of nitrogens with zero attached hydrogens (tertiary/aromatic N) is 1. The molecule has 1 heterocycles. The smallest absolute Gasteiger partial charge is 0.253 e. The highest BCUT2D eigenvalue weighted by molar-refractivity contribution is 7.98. The van der Waals surface area contributed by atoms with E-state index in [1.807, 2.05) is 12.3 Å². The van der Waals surface area contributed by atoms with E-state index in [9.17, 15) is 9.90 Å². The summed E-state index contributed by atoms with van der Waals surface area (Å²) in [4.78, 5) is 16.5. The second-order valence-electron chi connectivity index (χ2n) is 5.11. The molecule has 0 saturated carbocycles. The van der Waals surface area contributed by atoms with Gasteiger partial charge in [-0.25, -0.2) is 0 Å². The number of hydrogen-bond acceptors (Lipinski definition) is 4. The maximum absolute atomic E-state index is 12.3. The molecule has 0 aliphatic carbocycles. The van der Waals surface area contributed by atoms with Crippen molar-refractivity contribution in [1.82, 2.24) is 10.3 Å². The number of rotatable bonds is 5.